The molecule has 0 aliphatic heterocycles. The Hall–Kier alpha value is -1.31. The van der Waals surface area contributed by atoms with Gasteiger partial charge in [0.1, 0.15) is 5.75 Å². The third-order valence-corrected chi connectivity index (χ3v) is 4.68. The maximum absolute atomic E-state index is 12.4. The first-order valence-electron chi connectivity index (χ1n) is 7.57. The number of carbonyl (C=O) groups excluding carboxylic acids is 1. The average Bonchev–Trinajstić information content (AvgIpc) is 2.64. The number of carbonyl (C=O) groups is 1. The maximum Gasteiger partial charge on any atom is 0.173 e. The fraction of sp³-hybridized carbons (Fsp3) is 0.588. The summed E-state index contributed by atoms with van der Waals surface area (Å²) in [6.07, 6.45) is 7.74. The number of fused-ring (bicyclic) bond motifs is 3. The molecule has 1 aromatic carbocycles. The van der Waals surface area contributed by atoms with E-state index in [9.17, 15) is 4.79 Å². The van der Waals surface area contributed by atoms with Gasteiger partial charge >= 0.3 is 0 Å². The number of benzene rings is 1. The lowest BCUT2D eigenvalue weighted by Gasteiger charge is -2.28. The van der Waals surface area contributed by atoms with E-state index in [2.05, 4.69) is 0 Å². The zero-order valence-electron chi connectivity index (χ0n) is 11.4. The van der Waals surface area contributed by atoms with Crippen molar-refractivity contribution in [1.29, 1.82) is 0 Å². The van der Waals surface area contributed by atoms with Crippen molar-refractivity contribution in [3.8, 4) is 5.75 Å². The Morgan fingerprint density at radius 2 is 1.79 bits per heavy atom. The molecule has 2 fully saturated rings. The lowest BCUT2D eigenvalue weighted by molar-refractivity contribution is -0.129. The second-order valence-corrected chi connectivity index (χ2v) is 5.99. The van der Waals surface area contributed by atoms with Gasteiger partial charge in [0.15, 0.2) is 11.9 Å². The molecular weight excluding hydrogens is 236 g/mol. The maximum atomic E-state index is 12.4. The molecule has 0 amide bonds. The van der Waals surface area contributed by atoms with Gasteiger partial charge in [-0.25, -0.2) is 0 Å². The van der Waals surface area contributed by atoms with Gasteiger partial charge in [-0.3, -0.25) is 4.79 Å². The van der Waals surface area contributed by atoms with E-state index in [-0.39, 0.29) is 6.10 Å². The van der Waals surface area contributed by atoms with Crippen molar-refractivity contribution in [1.82, 2.24) is 0 Å². The van der Waals surface area contributed by atoms with Gasteiger partial charge in [0.05, 0.1) is 0 Å². The van der Waals surface area contributed by atoms with Crippen LogP contribution in [-0.4, -0.2) is 11.9 Å². The molecular formula is C17H22O2. The van der Waals surface area contributed by atoms with Crippen LogP contribution >= 0.6 is 0 Å². The van der Waals surface area contributed by atoms with E-state index in [0.29, 0.717) is 18.1 Å². The molecule has 19 heavy (non-hydrogen) atoms. The van der Waals surface area contributed by atoms with Crippen molar-refractivity contribution in [3.63, 3.8) is 0 Å². The second kappa shape index (κ2) is 5.77. The highest BCUT2D eigenvalue weighted by atomic mass is 16.5. The fourth-order valence-corrected chi connectivity index (χ4v) is 3.56. The van der Waals surface area contributed by atoms with Gasteiger partial charge in [0, 0.05) is 12.3 Å². The number of Topliss-reactive ketones (excluding diaryl/α,β-unsaturated/α-hetero) is 1. The van der Waals surface area contributed by atoms with E-state index in [1.54, 1.807) is 0 Å². The lowest BCUT2D eigenvalue weighted by Crippen LogP contribution is -2.36. The van der Waals surface area contributed by atoms with Crippen LogP contribution in [0.3, 0.4) is 0 Å². The Balaban J connectivity index is 1.78. The van der Waals surface area contributed by atoms with Crippen molar-refractivity contribution in [2.75, 3.05) is 0 Å². The van der Waals surface area contributed by atoms with Crippen LogP contribution in [0.4, 0.5) is 0 Å². The quantitative estimate of drug-likeness (QED) is 0.801. The number of ketones is 1. The van der Waals surface area contributed by atoms with Crippen molar-refractivity contribution in [2.24, 2.45) is 11.8 Å². The number of para-hydroxylation sites is 1. The molecule has 2 nitrogen and oxygen atoms in total. The zero-order chi connectivity index (χ0) is 13.1. The molecule has 2 heteroatoms. The minimum Gasteiger partial charge on any atom is -0.482 e. The summed E-state index contributed by atoms with van der Waals surface area (Å²) >= 11 is 0. The van der Waals surface area contributed by atoms with Crippen LogP contribution in [0.25, 0.3) is 0 Å². The van der Waals surface area contributed by atoms with Crippen LogP contribution in [0.5, 0.6) is 5.75 Å². The standard InChI is InChI=1S/C17H22O2/c18-16-12-10-13-5-4-6-14(11-9-13)17(16)19-15-7-2-1-3-8-15/h1-3,7-8,13-14,17H,4-6,9-12H2. The molecule has 2 saturated carbocycles. The molecule has 3 unspecified atom stereocenters. The number of hydrogen-bond donors (Lipinski definition) is 0. The molecule has 0 saturated heterocycles. The molecule has 0 N–H and O–H groups in total. The summed E-state index contributed by atoms with van der Waals surface area (Å²) in [7, 11) is 0. The van der Waals surface area contributed by atoms with Crippen LogP contribution < -0.4 is 4.74 Å². The Morgan fingerprint density at radius 3 is 2.63 bits per heavy atom. The van der Waals surface area contributed by atoms with Crippen LogP contribution in [0.2, 0.25) is 0 Å². The largest absolute Gasteiger partial charge is 0.482 e. The van der Waals surface area contributed by atoms with Gasteiger partial charge in [-0.2, -0.15) is 0 Å². The Morgan fingerprint density at radius 1 is 0.947 bits per heavy atom. The number of hydrogen-bond acceptors (Lipinski definition) is 2. The summed E-state index contributed by atoms with van der Waals surface area (Å²) in [5.74, 6) is 2.37. The molecule has 3 atom stereocenters. The Labute approximate surface area is 115 Å². The summed E-state index contributed by atoms with van der Waals surface area (Å²) in [5.41, 5.74) is 0. The highest BCUT2D eigenvalue weighted by Gasteiger charge is 2.34. The van der Waals surface area contributed by atoms with Gasteiger partial charge in [0.25, 0.3) is 0 Å². The molecule has 2 aliphatic carbocycles. The topological polar surface area (TPSA) is 26.3 Å². The third-order valence-electron chi connectivity index (χ3n) is 4.68. The SMILES string of the molecule is O=C1CCC2CCCC(CC2)C1Oc1ccccc1. The Bertz CT molecular complexity index is 426. The summed E-state index contributed by atoms with van der Waals surface area (Å²) in [6.45, 7) is 0. The van der Waals surface area contributed by atoms with Gasteiger partial charge < -0.3 is 4.74 Å². The first-order chi connectivity index (χ1) is 9.33. The smallest absolute Gasteiger partial charge is 0.173 e. The van der Waals surface area contributed by atoms with E-state index in [1.807, 2.05) is 30.3 Å². The molecule has 1 aromatic rings. The third kappa shape index (κ3) is 2.99. The van der Waals surface area contributed by atoms with Gasteiger partial charge in [-0.15, -0.1) is 0 Å². The highest BCUT2D eigenvalue weighted by molar-refractivity contribution is 5.83. The molecule has 0 aromatic heterocycles. The molecule has 0 radical (unpaired) electrons. The summed E-state index contributed by atoms with van der Waals surface area (Å²) < 4.78 is 6.04. The van der Waals surface area contributed by atoms with E-state index >= 15 is 0 Å². The number of ether oxygens (including phenoxy) is 1. The Kier molecular flexibility index (Phi) is 3.86. The van der Waals surface area contributed by atoms with Crippen LogP contribution in [0.15, 0.2) is 30.3 Å². The molecule has 102 valence electrons. The monoisotopic (exact) mass is 258 g/mol. The molecule has 0 spiro atoms. The van der Waals surface area contributed by atoms with Crippen molar-refractivity contribution >= 4 is 5.78 Å². The minimum absolute atomic E-state index is 0.207. The molecule has 2 bridgehead atoms. The highest BCUT2D eigenvalue weighted by Crippen LogP contribution is 2.36. The van der Waals surface area contributed by atoms with E-state index in [0.717, 1.165) is 30.9 Å². The predicted octanol–water partition coefficient (Wildman–Crippen LogP) is 3.99. The van der Waals surface area contributed by atoms with Crippen molar-refractivity contribution in [3.05, 3.63) is 30.3 Å². The fourth-order valence-electron chi connectivity index (χ4n) is 3.56. The summed E-state index contributed by atoms with van der Waals surface area (Å²) in [5, 5.41) is 0. The van der Waals surface area contributed by atoms with E-state index in [1.165, 1.54) is 19.3 Å². The predicted molar refractivity (Wildman–Crippen MR) is 75.2 cm³/mol. The summed E-state index contributed by atoms with van der Waals surface area (Å²) in [4.78, 5) is 12.4. The second-order valence-electron chi connectivity index (χ2n) is 5.99. The number of rotatable bonds is 2. The van der Waals surface area contributed by atoms with Crippen molar-refractivity contribution < 1.29 is 9.53 Å². The zero-order valence-corrected chi connectivity index (χ0v) is 11.4. The normalized spacial score (nSPS) is 31.4. The summed E-state index contributed by atoms with van der Waals surface area (Å²) in [6, 6.07) is 9.80. The molecule has 2 aliphatic rings. The van der Waals surface area contributed by atoms with Crippen molar-refractivity contribution in [2.45, 2.75) is 51.0 Å². The first kappa shape index (κ1) is 12.7. The molecule has 0 heterocycles. The van der Waals surface area contributed by atoms with Gasteiger partial charge in [-0.05, 0) is 37.3 Å². The average molecular weight is 258 g/mol. The van der Waals surface area contributed by atoms with Crippen LogP contribution in [0, 0.1) is 11.8 Å². The molecule has 3 rings (SSSR count). The first-order valence-corrected chi connectivity index (χ1v) is 7.57. The van der Waals surface area contributed by atoms with Gasteiger partial charge in [-0.1, -0.05) is 37.5 Å². The van der Waals surface area contributed by atoms with Gasteiger partial charge in [0.2, 0.25) is 0 Å². The minimum atomic E-state index is -0.207. The van der Waals surface area contributed by atoms with Crippen LogP contribution in [-0.2, 0) is 4.79 Å². The van der Waals surface area contributed by atoms with Crippen LogP contribution in [0.1, 0.15) is 44.9 Å². The van der Waals surface area contributed by atoms with E-state index < -0.39 is 0 Å². The lowest BCUT2D eigenvalue weighted by atomic mass is 9.84. The van der Waals surface area contributed by atoms with E-state index in [4.69, 9.17) is 4.74 Å².